The van der Waals surface area contributed by atoms with Crippen LogP contribution in [0, 0.1) is 0 Å². The second-order valence-electron chi connectivity index (χ2n) is 6.93. The molecule has 2 aromatic rings. The molecule has 1 aromatic heterocycles. The maximum atomic E-state index is 12.1. The van der Waals surface area contributed by atoms with Crippen molar-refractivity contribution in [1.82, 2.24) is 10.3 Å². The summed E-state index contributed by atoms with van der Waals surface area (Å²) in [5.74, 6) is 1.97. The lowest BCUT2D eigenvalue weighted by atomic mass is 10.1. The number of nitrogens with zero attached hydrogens (tertiary/aromatic N) is 2. The summed E-state index contributed by atoms with van der Waals surface area (Å²) < 4.78 is 5.43. The molecule has 2 heterocycles. The Morgan fingerprint density at radius 3 is 2.48 bits per heavy atom. The van der Waals surface area contributed by atoms with E-state index in [1.165, 1.54) is 19.3 Å². The van der Waals surface area contributed by atoms with Crippen molar-refractivity contribution >= 4 is 11.7 Å². The van der Waals surface area contributed by atoms with E-state index < -0.39 is 0 Å². The number of ether oxygens (including phenoxy) is 1. The average Bonchev–Trinajstić information content (AvgIpc) is 2.73. The fourth-order valence-corrected chi connectivity index (χ4v) is 3.30. The number of carbonyl (C=O) groups excluding carboxylic acids is 1. The van der Waals surface area contributed by atoms with Crippen LogP contribution in [0.3, 0.4) is 0 Å². The van der Waals surface area contributed by atoms with Crippen LogP contribution in [-0.2, 0) is 17.8 Å². The van der Waals surface area contributed by atoms with Crippen LogP contribution >= 0.6 is 0 Å². The molecule has 1 aliphatic rings. The number of aromatic nitrogens is 1. The molecule has 1 saturated heterocycles. The molecule has 1 fully saturated rings. The van der Waals surface area contributed by atoms with Crippen LogP contribution in [0.15, 0.2) is 42.6 Å². The number of anilines is 1. The van der Waals surface area contributed by atoms with Gasteiger partial charge in [0.1, 0.15) is 11.6 Å². The summed E-state index contributed by atoms with van der Waals surface area (Å²) in [6, 6.07) is 12.1. The Bertz CT molecular complexity index is 707. The zero-order valence-corrected chi connectivity index (χ0v) is 16.1. The van der Waals surface area contributed by atoms with E-state index in [4.69, 9.17) is 4.74 Å². The Morgan fingerprint density at radius 2 is 1.81 bits per heavy atom. The van der Waals surface area contributed by atoms with Gasteiger partial charge in [-0.1, -0.05) is 18.2 Å². The third-order valence-corrected chi connectivity index (χ3v) is 4.85. The van der Waals surface area contributed by atoms with Gasteiger partial charge in [0.05, 0.1) is 6.61 Å². The largest absolute Gasteiger partial charge is 0.494 e. The third kappa shape index (κ3) is 5.98. The number of nitrogens with one attached hydrogen (secondary N) is 1. The minimum Gasteiger partial charge on any atom is -0.494 e. The zero-order chi connectivity index (χ0) is 18.9. The Kier molecular flexibility index (Phi) is 7.08. The molecule has 5 heteroatoms. The standard InChI is InChI=1S/C22H29N3O2/c1-2-27-20-10-6-18(7-11-20)9-13-22(26)24-17-19-8-12-21(23-16-19)25-14-4-3-5-15-25/h6-8,10-12,16H,2-5,9,13-15,17H2,1H3,(H,24,26). The van der Waals surface area contributed by atoms with E-state index in [0.717, 1.165) is 42.2 Å². The van der Waals surface area contributed by atoms with Crippen molar-refractivity contribution in [2.45, 2.75) is 45.6 Å². The second-order valence-corrected chi connectivity index (χ2v) is 6.93. The molecule has 0 unspecified atom stereocenters. The fraction of sp³-hybridized carbons (Fsp3) is 0.455. The predicted molar refractivity (Wildman–Crippen MR) is 108 cm³/mol. The van der Waals surface area contributed by atoms with Gasteiger partial charge in [-0.25, -0.2) is 4.98 Å². The van der Waals surface area contributed by atoms with Gasteiger partial charge in [-0.05, 0) is 61.9 Å². The summed E-state index contributed by atoms with van der Waals surface area (Å²) in [6.07, 6.45) is 6.88. The van der Waals surface area contributed by atoms with E-state index in [-0.39, 0.29) is 5.91 Å². The molecule has 1 aromatic carbocycles. The number of rotatable bonds is 8. The average molecular weight is 367 g/mol. The summed E-state index contributed by atoms with van der Waals surface area (Å²) >= 11 is 0. The third-order valence-electron chi connectivity index (χ3n) is 4.85. The summed E-state index contributed by atoms with van der Waals surface area (Å²) in [5, 5.41) is 2.98. The molecule has 0 bridgehead atoms. The van der Waals surface area contributed by atoms with Crippen LogP contribution in [0.4, 0.5) is 5.82 Å². The molecule has 1 N–H and O–H groups in total. The van der Waals surface area contributed by atoms with Crippen LogP contribution in [0.5, 0.6) is 5.75 Å². The van der Waals surface area contributed by atoms with Gasteiger partial charge in [0.2, 0.25) is 5.91 Å². The van der Waals surface area contributed by atoms with Crippen LogP contribution < -0.4 is 15.0 Å². The maximum Gasteiger partial charge on any atom is 0.220 e. The molecule has 0 saturated carbocycles. The SMILES string of the molecule is CCOc1ccc(CCC(=O)NCc2ccc(N3CCCCC3)nc2)cc1. The lowest BCUT2D eigenvalue weighted by molar-refractivity contribution is -0.121. The first kappa shape index (κ1) is 19.2. The minimum atomic E-state index is 0.0593. The highest BCUT2D eigenvalue weighted by atomic mass is 16.5. The lowest BCUT2D eigenvalue weighted by Crippen LogP contribution is -2.30. The van der Waals surface area contributed by atoms with Crippen molar-refractivity contribution in [3.05, 3.63) is 53.7 Å². The second kappa shape index (κ2) is 9.95. The van der Waals surface area contributed by atoms with Crippen molar-refractivity contribution in [3.63, 3.8) is 0 Å². The van der Waals surface area contributed by atoms with Crippen molar-refractivity contribution in [3.8, 4) is 5.75 Å². The van der Waals surface area contributed by atoms with Gasteiger partial charge in [0, 0.05) is 32.3 Å². The quantitative estimate of drug-likeness (QED) is 0.773. The number of aryl methyl sites for hydroxylation is 1. The molecule has 1 aliphatic heterocycles. The first-order valence-electron chi connectivity index (χ1n) is 9.93. The fourth-order valence-electron chi connectivity index (χ4n) is 3.30. The number of benzene rings is 1. The van der Waals surface area contributed by atoms with Gasteiger partial charge in [-0.3, -0.25) is 4.79 Å². The van der Waals surface area contributed by atoms with Gasteiger partial charge in [0.15, 0.2) is 0 Å². The minimum absolute atomic E-state index is 0.0593. The number of piperidine rings is 1. The van der Waals surface area contributed by atoms with Crippen molar-refractivity contribution in [2.24, 2.45) is 0 Å². The normalized spacial score (nSPS) is 14.0. The van der Waals surface area contributed by atoms with Crippen molar-refractivity contribution in [1.29, 1.82) is 0 Å². The van der Waals surface area contributed by atoms with E-state index in [9.17, 15) is 4.79 Å². The molecule has 0 atom stereocenters. The Hall–Kier alpha value is -2.56. The number of amides is 1. The van der Waals surface area contributed by atoms with Crippen molar-refractivity contribution in [2.75, 3.05) is 24.6 Å². The van der Waals surface area contributed by atoms with Crippen LogP contribution in [0.1, 0.15) is 43.7 Å². The van der Waals surface area contributed by atoms with Crippen LogP contribution in [0.25, 0.3) is 0 Å². The van der Waals surface area contributed by atoms with Crippen molar-refractivity contribution < 1.29 is 9.53 Å². The van der Waals surface area contributed by atoms with Gasteiger partial charge < -0.3 is 15.0 Å². The molecular weight excluding hydrogens is 338 g/mol. The zero-order valence-electron chi connectivity index (χ0n) is 16.1. The van der Waals surface area contributed by atoms with Gasteiger partial charge in [0.25, 0.3) is 0 Å². The number of hydrogen-bond donors (Lipinski definition) is 1. The van der Waals surface area contributed by atoms with Crippen LogP contribution in [-0.4, -0.2) is 30.6 Å². The highest BCUT2D eigenvalue weighted by molar-refractivity contribution is 5.76. The molecule has 3 rings (SSSR count). The summed E-state index contributed by atoms with van der Waals surface area (Å²) in [5.41, 5.74) is 2.17. The first-order valence-corrected chi connectivity index (χ1v) is 9.93. The van der Waals surface area contributed by atoms with Crippen LogP contribution in [0.2, 0.25) is 0 Å². The maximum absolute atomic E-state index is 12.1. The van der Waals surface area contributed by atoms with Gasteiger partial charge in [-0.2, -0.15) is 0 Å². The molecule has 0 aliphatic carbocycles. The molecule has 0 radical (unpaired) electrons. The topological polar surface area (TPSA) is 54.5 Å². The Balaban J connectivity index is 1.40. The van der Waals surface area contributed by atoms with Gasteiger partial charge >= 0.3 is 0 Å². The lowest BCUT2D eigenvalue weighted by Gasteiger charge is -2.27. The van der Waals surface area contributed by atoms with E-state index in [2.05, 4.69) is 27.3 Å². The summed E-state index contributed by atoms with van der Waals surface area (Å²) in [7, 11) is 0. The van der Waals surface area contributed by atoms with Gasteiger partial charge in [-0.15, -0.1) is 0 Å². The first-order chi connectivity index (χ1) is 13.2. The number of pyridine rings is 1. The highest BCUT2D eigenvalue weighted by Gasteiger charge is 2.11. The predicted octanol–water partition coefficient (Wildman–Crippen LogP) is 3.72. The smallest absolute Gasteiger partial charge is 0.220 e. The van der Waals surface area contributed by atoms with E-state index in [0.29, 0.717) is 19.6 Å². The molecular formula is C22H29N3O2. The monoisotopic (exact) mass is 367 g/mol. The summed E-state index contributed by atoms with van der Waals surface area (Å²) in [4.78, 5) is 19.0. The number of hydrogen-bond acceptors (Lipinski definition) is 4. The Morgan fingerprint density at radius 1 is 1.07 bits per heavy atom. The van der Waals surface area contributed by atoms with E-state index in [1.807, 2.05) is 37.4 Å². The molecule has 27 heavy (non-hydrogen) atoms. The molecule has 1 amide bonds. The molecule has 5 nitrogen and oxygen atoms in total. The highest BCUT2D eigenvalue weighted by Crippen LogP contribution is 2.17. The molecule has 0 spiro atoms. The van der Waals surface area contributed by atoms with E-state index >= 15 is 0 Å². The van der Waals surface area contributed by atoms with E-state index in [1.54, 1.807) is 0 Å². The number of carbonyl (C=O) groups is 1. The summed E-state index contributed by atoms with van der Waals surface area (Å²) in [6.45, 7) is 5.34. The Labute approximate surface area is 161 Å². The molecule has 144 valence electrons.